The van der Waals surface area contributed by atoms with Crippen molar-refractivity contribution in [3.05, 3.63) is 52.3 Å². The Morgan fingerprint density at radius 2 is 1.89 bits per heavy atom. The SMILES string of the molecule is CCCc1c(C(=O)N(C)Cc2ccccc2OCC)[nH]c(C)c1C(=O)OC. The predicted molar refractivity (Wildman–Crippen MR) is 104 cm³/mol. The van der Waals surface area contributed by atoms with Gasteiger partial charge in [0.05, 0.1) is 19.3 Å². The van der Waals surface area contributed by atoms with Crippen LogP contribution in [-0.4, -0.2) is 42.5 Å². The summed E-state index contributed by atoms with van der Waals surface area (Å²) < 4.78 is 10.5. The number of rotatable bonds is 8. The van der Waals surface area contributed by atoms with Crippen molar-refractivity contribution in [2.45, 2.75) is 40.2 Å². The summed E-state index contributed by atoms with van der Waals surface area (Å²) in [5, 5.41) is 0. The van der Waals surface area contributed by atoms with E-state index < -0.39 is 5.97 Å². The van der Waals surface area contributed by atoms with Gasteiger partial charge >= 0.3 is 5.97 Å². The molecule has 6 nitrogen and oxygen atoms in total. The maximum atomic E-state index is 13.1. The van der Waals surface area contributed by atoms with Crippen LogP contribution in [0.3, 0.4) is 0 Å². The molecule has 0 radical (unpaired) electrons. The molecular formula is C21H28N2O4. The third-order valence-electron chi connectivity index (χ3n) is 4.42. The lowest BCUT2D eigenvalue weighted by atomic mass is 10.0. The molecular weight excluding hydrogens is 344 g/mol. The van der Waals surface area contributed by atoms with E-state index in [-0.39, 0.29) is 5.91 Å². The van der Waals surface area contributed by atoms with E-state index in [9.17, 15) is 9.59 Å². The number of methoxy groups -OCH3 is 1. The van der Waals surface area contributed by atoms with Crippen LogP contribution in [0.2, 0.25) is 0 Å². The molecule has 0 atom stereocenters. The van der Waals surface area contributed by atoms with Crippen molar-refractivity contribution in [1.29, 1.82) is 0 Å². The van der Waals surface area contributed by atoms with E-state index >= 15 is 0 Å². The lowest BCUT2D eigenvalue weighted by molar-refractivity contribution is 0.0599. The van der Waals surface area contributed by atoms with Crippen LogP contribution in [0, 0.1) is 6.92 Å². The Labute approximate surface area is 160 Å². The first kappa shape index (κ1) is 20.6. The van der Waals surface area contributed by atoms with Crippen LogP contribution in [0.1, 0.15) is 57.9 Å². The van der Waals surface area contributed by atoms with Gasteiger partial charge in [0.15, 0.2) is 0 Å². The highest BCUT2D eigenvalue weighted by Gasteiger charge is 2.26. The Hall–Kier alpha value is -2.76. The van der Waals surface area contributed by atoms with Gasteiger partial charge in [0, 0.05) is 24.8 Å². The molecule has 0 saturated carbocycles. The van der Waals surface area contributed by atoms with Gasteiger partial charge in [0.1, 0.15) is 11.4 Å². The number of ether oxygens (including phenoxy) is 2. The Balaban J connectivity index is 2.33. The number of hydrogen-bond donors (Lipinski definition) is 1. The minimum atomic E-state index is -0.421. The van der Waals surface area contributed by atoms with Crippen molar-refractivity contribution >= 4 is 11.9 Å². The molecule has 1 aromatic carbocycles. The third kappa shape index (κ3) is 4.51. The highest BCUT2D eigenvalue weighted by Crippen LogP contribution is 2.25. The molecule has 1 N–H and O–H groups in total. The molecule has 0 aliphatic carbocycles. The summed E-state index contributed by atoms with van der Waals surface area (Å²) in [5.74, 6) is 0.185. The molecule has 0 aliphatic heterocycles. The summed E-state index contributed by atoms with van der Waals surface area (Å²) in [4.78, 5) is 30.0. The zero-order chi connectivity index (χ0) is 20.0. The van der Waals surface area contributed by atoms with Crippen molar-refractivity contribution in [2.75, 3.05) is 20.8 Å². The molecule has 0 bridgehead atoms. The van der Waals surface area contributed by atoms with E-state index in [2.05, 4.69) is 4.98 Å². The molecule has 0 spiro atoms. The number of carbonyl (C=O) groups is 2. The quantitative estimate of drug-likeness (QED) is 0.717. The second-order valence-electron chi connectivity index (χ2n) is 6.42. The number of carbonyl (C=O) groups excluding carboxylic acids is 2. The van der Waals surface area contributed by atoms with Gasteiger partial charge in [-0.1, -0.05) is 31.5 Å². The summed E-state index contributed by atoms with van der Waals surface area (Å²) >= 11 is 0. The number of para-hydroxylation sites is 1. The van der Waals surface area contributed by atoms with E-state index in [0.29, 0.717) is 36.5 Å². The third-order valence-corrected chi connectivity index (χ3v) is 4.42. The molecule has 6 heteroatoms. The molecule has 1 aromatic heterocycles. The van der Waals surface area contributed by atoms with Crippen molar-refractivity contribution in [3.63, 3.8) is 0 Å². The van der Waals surface area contributed by atoms with Crippen LogP contribution in [-0.2, 0) is 17.7 Å². The van der Waals surface area contributed by atoms with Gasteiger partial charge in [0.25, 0.3) is 5.91 Å². The maximum absolute atomic E-state index is 13.1. The number of aromatic amines is 1. The van der Waals surface area contributed by atoms with Gasteiger partial charge in [-0.05, 0) is 31.9 Å². The number of esters is 1. The fraction of sp³-hybridized carbons (Fsp3) is 0.429. The molecule has 0 unspecified atom stereocenters. The van der Waals surface area contributed by atoms with E-state index in [1.165, 1.54) is 7.11 Å². The van der Waals surface area contributed by atoms with E-state index in [1.807, 2.05) is 38.1 Å². The van der Waals surface area contributed by atoms with E-state index in [1.54, 1.807) is 18.9 Å². The zero-order valence-corrected chi connectivity index (χ0v) is 16.7. The van der Waals surface area contributed by atoms with Crippen LogP contribution in [0.4, 0.5) is 0 Å². The van der Waals surface area contributed by atoms with Crippen LogP contribution in [0.15, 0.2) is 24.3 Å². The van der Waals surface area contributed by atoms with E-state index in [0.717, 1.165) is 23.3 Å². The number of aryl methyl sites for hydroxylation is 1. The molecule has 27 heavy (non-hydrogen) atoms. The summed E-state index contributed by atoms with van der Waals surface area (Å²) in [6.45, 7) is 6.70. The van der Waals surface area contributed by atoms with Crippen molar-refractivity contribution < 1.29 is 19.1 Å². The highest BCUT2D eigenvalue weighted by atomic mass is 16.5. The van der Waals surface area contributed by atoms with Crippen molar-refractivity contribution in [3.8, 4) is 5.75 Å². The average molecular weight is 372 g/mol. The fourth-order valence-electron chi connectivity index (χ4n) is 3.19. The maximum Gasteiger partial charge on any atom is 0.339 e. The first-order valence-corrected chi connectivity index (χ1v) is 9.20. The molecule has 0 saturated heterocycles. The number of nitrogens with zero attached hydrogens (tertiary/aromatic N) is 1. The second kappa shape index (κ2) is 9.26. The smallest absolute Gasteiger partial charge is 0.339 e. The number of benzene rings is 1. The predicted octanol–water partition coefficient (Wildman–Crippen LogP) is 3.73. The van der Waals surface area contributed by atoms with Crippen LogP contribution >= 0.6 is 0 Å². The lowest BCUT2D eigenvalue weighted by Crippen LogP contribution is -2.27. The van der Waals surface area contributed by atoms with Gasteiger partial charge in [0.2, 0.25) is 0 Å². The first-order chi connectivity index (χ1) is 12.9. The van der Waals surface area contributed by atoms with Crippen LogP contribution < -0.4 is 4.74 Å². The van der Waals surface area contributed by atoms with Gasteiger partial charge in [-0.15, -0.1) is 0 Å². The van der Waals surface area contributed by atoms with E-state index in [4.69, 9.17) is 9.47 Å². The number of hydrogen-bond acceptors (Lipinski definition) is 4. The number of nitrogens with one attached hydrogen (secondary N) is 1. The van der Waals surface area contributed by atoms with Crippen molar-refractivity contribution in [1.82, 2.24) is 9.88 Å². The number of aromatic nitrogens is 1. The second-order valence-corrected chi connectivity index (χ2v) is 6.42. The number of amides is 1. The highest BCUT2D eigenvalue weighted by molar-refractivity contribution is 6.00. The molecule has 0 aliphatic rings. The van der Waals surface area contributed by atoms with Crippen molar-refractivity contribution in [2.24, 2.45) is 0 Å². The summed E-state index contributed by atoms with van der Waals surface area (Å²) in [7, 11) is 3.09. The minimum absolute atomic E-state index is 0.164. The molecule has 2 aromatic rings. The Morgan fingerprint density at radius 3 is 2.52 bits per heavy atom. The molecule has 1 heterocycles. The molecule has 146 valence electrons. The molecule has 1 amide bonds. The molecule has 0 fully saturated rings. The monoisotopic (exact) mass is 372 g/mol. The topological polar surface area (TPSA) is 71.6 Å². The normalized spacial score (nSPS) is 10.6. The summed E-state index contributed by atoms with van der Waals surface area (Å²) in [6.07, 6.45) is 1.44. The Morgan fingerprint density at radius 1 is 1.19 bits per heavy atom. The average Bonchev–Trinajstić information content (AvgIpc) is 2.98. The summed E-state index contributed by atoms with van der Waals surface area (Å²) in [5.41, 5.74) is 3.22. The first-order valence-electron chi connectivity index (χ1n) is 9.20. The summed E-state index contributed by atoms with van der Waals surface area (Å²) in [6, 6.07) is 7.68. The van der Waals surface area contributed by atoms with Gasteiger partial charge in [-0.3, -0.25) is 4.79 Å². The molecule has 2 rings (SSSR count). The standard InChI is InChI=1S/C21H28N2O4/c1-6-10-16-18(21(25)26-5)14(3)22-19(16)20(24)23(4)13-15-11-8-9-12-17(15)27-7-2/h8-9,11-12,22H,6-7,10,13H2,1-5H3. The zero-order valence-electron chi connectivity index (χ0n) is 16.7. The van der Waals surface area contributed by atoms with Crippen LogP contribution in [0.5, 0.6) is 5.75 Å². The Bertz CT molecular complexity index is 811. The largest absolute Gasteiger partial charge is 0.494 e. The lowest BCUT2D eigenvalue weighted by Gasteiger charge is -2.19. The minimum Gasteiger partial charge on any atom is -0.494 e. The van der Waals surface area contributed by atoms with Gasteiger partial charge in [-0.25, -0.2) is 4.79 Å². The number of H-pyrrole nitrogens is 1. The van der Waals surface area contributed by atoms with Gasteiger partial charge in [-0.2, -0.15) is 0 Å². The van der Waals surface area contributed by atoms with Crippen LogP contribution in [0.25, 0.3) is 0 Å². The Kier molecular flexibility index (Phi) is 7.05. The van der Waals surface area contributed by atoms with Gasteiger partial charge < -0.3 is 19.4 Å². The fourth-order valence-corrected chi connectivity index (χ4v) is 3.19.